The van der Waals surface area contributed by atoms with Gasteiger partial charge in [-0.25, -0.2) is 0 Å². The summed E-state index contributed by atoms with van der Waals surface area (Å²) in [5.41, 5.74) is 1.31. The summed E-state index contributed by atoms with van der Waals surface area (Å²) in [6, 6.07) is 8.21. The first-order valence-electron chi connectivity index (χ1n) is 8.41. The average molecular weight is 290 g/mol. The summed E-state index contributed by atoms with van der Waals surface area (Å²) in [6.07, 6.45) is 4.94. The van der Waals surface area contributed by atoms with Crippen molar-refractivity contribution in [2.45, 2.75) is 45.6 Å². The Morgan fingerprint density at radius 2 is 2.10 bits per heavy atom. The van der Waals surface area contributed by atoms with Crippen LogP contribution in [0.2, 0.25) is 0 Å². The van der Waals surface area contributed by atoms with Crippen LogP contribution < -0.4 is 5.32 Å². The molecule has 0 spiro atoms. The van der Waals surface area contributed by atoms with Crippen LogP contribution in [-0.4, -0.2) is 42.2 Å². The number of piperidine rings is 1. The molecule has 0 aromatic heterocycles. The van der Waals surface area contributed by atoms with Crippen molar-refractivity contribution in [1.82, 2.24) is 10.2 Å². The summed E-state index contributed by atoms with van der Waals surface area (Å²) in [5, 5.41) is 12.9. The van der Waals surface area contributed by atoms with E-state index in [1.165, 1.54) is 51.0 Å². The van der Waals surface area contributed by atoms with E-state index in [2.05, 4.69) is 24.1 Å². The molecular formula is C18H30N2O. The molecule has 0 radical (unpaired) electrons. The molecule has 1 saturated heterocycles. The van der Waals surface area contributed by atoms with Gasteiger partial charge in [0.15, 0.2) is 0 Å². The zero-order valence-electron chi connectivity index (χ0n) is 13.5. The van der Waals surface area contributed by atoms with Gasteiger partial charge in [-0.3, -0.25) is 0 Å². The van der Waals surface area contributed by atoms with Gasteiger partial charge < -0.3 is 15.3 Å². The van der Waals surface area contributed by atoms with Crippen molar-refractivity contribution in [3.63, 3.8) is 0 Å². The van der Waals surface area contributed by atoms with Crippen molar-refractivity contribution in [3.05, 3.63) is 29.8 Å². The predicted octanol–water partition coefficient (Wildman–Crippen LogP) is 3.03. The third kappa shape index (κ3) is 5.33. The van der Waals surface area contributed by atoms with Gasteiger partial charge in [0.05, 0.1) is 0 Å². The second-order valence-corrected chi connectivity index (χ2v) is 6.43. The molecule has 1 aliphatic heterocycles. The van der Waals surface area contributed by atoms with E-state index in [-0.39, 0.29) is 0 Å². The average Bonchev–Trinajstić information content (AvgIpc) is 2.50. The van der Waals surface area contributed by atoms with Crippen molar-refractivity contribution in [2.75, 3.05) is 26.2 Å². The molecule has 1 aromatic rings. The van der Waals surface area contributed by atoms with Crippen LogP contribution in [0.15, 0.2) is 24.3 Å². The van der Waals surface area contributed by atoms with Gasteiger partial charge in [0.25, 0.3) is 0 Å². The second-order valence-electron chi connectivity index (χ2n) is 6.43. The molecule has 118 valence electrons. The summed E-state index contributed by atoms with van der Waals surface area (Å²) in [6.45, 7) is 9.34. The van der Waals surface area contributed by atoms with Crippen LogP contribution in [0.4, 0.5) is 0 Å². The number of phenols is 1. The Balaban J connectivity index is 1.90. The summed E-state index contributed by atoms with van der Waals surface area (Å²) >= 11 is 0. The summed E-state index contributed by atoms with van der Waals surface area (Å²) in [4.78, 5) is 2.64. The van der Waals surface area contributed by atoms with Gasteiger partial charge >= 0.3 is 0 Å². The molecule has 2 unspecified atom stereocenters. The molecule has 0 saturated carbocycles. The van der Waals surface area contributed by atoms with E-state index < -0.39 is 0 Å². The Hall–Kier alpha value is -1.06. The number of nitrogens with one attached hydrogen (secondary N) is 1. The van der Waals surface area contributed by atoms with Crippen molar-refractivity contribution >= 4 is 0 Å². The second kappa shape index (κ2) is 8.40. The number of nitrogens with zero attached hydrogens (tertiary/aromatic N) is 1. The maximum Gasteiger partial charge on any atom is 0.115 e. The number of hydrogen-bond donors (Lipinski definition) is 2. The Morgan fingerprint density at radius 3 is 2.71 bits per heavy atom. The maximum atomic E-state index is 9.38. The van der Waals surface area contributed by atoms with Crippen LogP contribution in [0.25, 0.3) is 0 Å². The number of aromatic hydroxyl groups is 1. The molecule has 2 atom stereocenters. The normalized spacial score (nSPS) is 20.6. The van der Waals surface area contributed by atoms with Crippen molar-refractivity contribution < 1.29 is 5.11 Å². The smallest absolute Gasteiger partial charge is 0.115 e. The number of phenolic OH excluding ortho intramolecular Hbond substituents is 1. The molecule has 0 aliphatic carbocycles. The topological polar surface area (TPSA) is 35.5 Å². The lowest BCUT2D eigenvalue weighted by molar-refractivity contribution is 0.161. The molecular weight excluding hydrogens is 260 g/mol. The van der Waals surface area contributed by atoms with Crippen LogP contribution in [0.5, 0.6) is 5.75 Å². The zero-order chi connectivity index (χ0) is 15.1. The molecule has 0 bridgehead atoms. The van der Waals surface area contributed by atoms with Gasteiger partial charge in [-0.05, 0) is 75.9 Å². The van der Waals surface area contributed by atoms with E-state index >= 15 is 0 Å². The third-order valence-electron chi connectivity index (χ3n) is 4.49. The molecule has 2 rings (SSSR count). The molecule has 2 N–H and O–H groups in total. The lowest BCUT2D eigenvalue weighted by atomic mass is 9.97. The van der Waals surface area contributed by atoms with Crippen molar-refractivity contribution in [1.29, 1.82) is 0 Å². The van der Waals surface area contributed by atoms with Gasteiger partial charge in [-0.1, -0.05) is 19.1 Å². The van der Waals surface area contributed by atoms with Crippen molar-refractivity contribution in [2.24, 2.45) is 5.92 Å². The van der Waals surface area contributed by atoms with Crippen LogP contribution in [-0.2, 0) is 6.42 Å². The fourth-order valence-electron chi connectivity index (χ4n) is 3.29. The van der Waals surface area contributed by atoms with Crippen molar-refractivity contribution in [3.8, 4) is 5.75 Å². The maximum absolute atomic E-state index is 9.38. The molecule has 21 heavy (non-hydrogen) atoms. The summed E-state index contributed by atoms with van der Waals surface area (Å²) in [7, 11) is 0. The first-order valence-corrected chi connectivity index (χ1v) is 8.41. The minimum absolute atomic E-state index is 0.352. The van der Waals surface area contributed by atoms with E-state index in [1.807, 2.05) is 12.1 Å². The summed E-state index contributed by atoms with van der Waals surface area (Å²) < 4.78 is 0. The van der Waals surface area contributed by atoms with E-state index in [0.29, 0.717) is 11.8 Å². The largest absolute Gasteiger partial charge is 0.508 e. The Morgan fingerprint density at radius 1 is 1.33 bits per heavy atom. The Kier molecular flexibility index (Phi) is 6.52. The van der Waals surface area contributed by atoms with Gasteiger partial charge in [0.1, 0.15) is 5.75 Å². The predicted molar refractivity (Wildman–Crippen MR) is 88.7 cm³/mol. The Bertz CT molecular complexity index is 398. The van der Waals surface area contributed by atoms with E-state index in [0.717, 1.165) is 12.3 Å². The van der Waals surface area contributed by atoms with Crippen LogP contribution in [0.3, 0.4) is 0 Å². The zero-order valence-corrected chi connectivity index (χ0v) is 13.5. The lowest BCUT2D eigenvalue weighted by Gasteiger charge is -2.34. The van der Waals surface area contributed by atoms with Gasteiger partial charge in [-0.2, -0.15) is 0 Å². The molecule has 1 heterocycles. The highest BCUT2D eigenvalue weighted by molar-refractivity contribution is 5.26. The quantitative estimate of drug-likeness (QED) is 0.810. The molecule has 1 aliphatic rings. The fourth-order valence-corrected chi connectivity index (χ4v) is 3.29. The first-order chi connectivity index (χ1) is 10.2. The molecule has 1 aromatic carbocycles. The van der Waals surface area contributed by atoms with Gasteiger partial charge in [-0.15, -0.1) is 0 Å². The number of rotatable bonds is 7. The number of benzene rings is 1. The van der Waals surface area contributed by atoms with Gasteiger partial charge in [0, 0.05) is 12.6 Å². The number of hydrogen-bond acceptors (Lipinski definition) is 3. The monoisotopic (exact) mass is 290 g/mol. The third-order valence-corrected chi connectivity index (χ3v) is 4.49. The fraction of sp³-hybridized carbons (Fsp3) is 0.667. The highest BCUT2D eigenvalue weighted by atomic mass is 16.3. The SMILES string of the molecule is CCCN(CC1CCCNC1)C(C)Cc1ccc(O)cc1. The van der Waals surface area contributed by atoms with Crippen LogP contribution in [0.1, 0.15) is 38.7 Å². The highest BCUT2D eigenvalue weighted by Gasteiger charge is 2.20. The van der Waals surface area contributed by atoms with E-state index in [1.54, 1.807) is 12.1 Å². The Labute approximate surface area is 129 Å². The van der Waals surface area contributed by atoms with E-state index in [4.69, 9.17) is 0 Å². The molecule has 1 fully saturated rings. The highest BCUT2D eigenvalue weighted by Crippen LogP contribution is 2.17. The van der Waals surface area contributed by atoms with E-state index in [9.17, 15) is 5.11 Å². The minimum atomic E-state index is 0.352. The molecule has 3 nitrogen and oxygen atoms in total. The van der Waals surface area contributed by atoms with Gasteiger partial charge in [0.2, 0.25) is 0 Å². The first kappa shape index (κ1) is 16.3. The summed E-state index contributed by atoms with van der Waals surface area (Å²) in [5.74, 6) is 1.15. The molecule has 0 amide bonds. The standard InChI is InChI=1S/C18H30N2O/c1-3-11-20(14-17-5-4-10-19-13-17)15(2)12-16-6-8-18(21)9-7-16/h6-9,15,17,19,21H,3-5,10-14H2,1-2H3. The van der Waals surface area contributed by atoms with Crippen LogP contribution in [0, 0.1) is 5.92 Å². The molecule has 3 heteroatoms. The minimum Gasteiger partial charge on any atom is -0.508 e. The lowest BCUT2D eigenvalue weighted by Crippen LogP contribution is -2.43. The van der Waals surface area contributed by atoms with Crippen LogP contribution >= 0.6 is 0 Å².